The van der Waals surface area contributed by atoms with Crippen molar-refractivity contribution in [2.24, 2.45) is 0 Å². The fraction of sp³-hybridized carbons (Fsp3) is 0.294. The Bertz CT molecular complexity index is 595. The Morgan fingerprint density at radius 3 is 2.45 bits per heavy atom. The molecule has 1 atom stereocenters. The van der Waals surface area contributed by atoms with Gasteiger partial charge in [-0.2, -0.15) is 0 Å². The van der Waals surface area contributed by atoms with Gasteiger partial charge in [-0.3, -0.25) is 0 Å². The average molecular weight is 334 g/mol. The maximum Gasteiger partial charge on any atom is 0.0782 e. The monoisotopic (exact) mass is 333 g/mol. The van der Waals surface area contributed by atoms with E-state index in [0.29, 0.717) is 0 Å². The molecule has 2 nitrogen and oxygen atoms in total. The van der Waals surface area contributed by atoms with Gasteiger partial charge in [-0.25, -0.2) is 0 Å². The first-order chi connectivity index (χ1) is 9.54. The van der Waals surface area contributed by atoms with Crippen LogP contribution in [-0.4, -0.2) is 11.7 Å². The summed E-state index contributed by atoms with van der Waals surface area (Å²) in [5.74, 6) is 0. The second-order valence-corrected chi connectivity index (χ2v) is 5.83. The number of aliphatic hydroxyl groups is 1. The molecule has 0 heterocycles. The Balaban J connectivity index is 2.57. The number of rotatable bonds is 4. The van der Waals surface area contributed by atoms with Crippen molar-refractivity contribution in [3.05, 3.63) is 58.1 Å². The number of para-hydroxylation sites is 1. The van der Waals surface area contributed by atoms with Crippen LogP contribution in [0.15, 0.2) is 46.9 Å². The van der Waals surface area contributed by atoms with E-state index in [-0.39, 0.29) is 0 Å². The van der Waals surface area contributed by atoms with Gasteiger partial charge in [0.25, 0.3) is 0 Å². The Labute approximate surface area is 129 Å². The van der Waals surface area contributed by atoms with Crippen LogP contribution < -0.4 is 4.90 Å². The van der Waals surface area contributed by atoms with E-state index < -0.39 is 6.10 Å². The first kappa shape index (κ1) is 15.1. The van der Waals surface area contributed by atoms with Gasteiger partial charge in [0.05, 0.1) is 6.10 Å². The van der Waals surface area contributed by atoms with Crippen LogP contribution >= 0.6 is 15.9 Å². The molecule has 3 heteroatoms. The number of halogens is 1. The van der Waals surface area contributed by atoms with E-state index in [9.17, 15) is 5.11 Å². The molecule has 0 fully saturated rings. The van der Waals surface area contributed by atoms with Crippen molar-refractivity contribution in [3.63, 3.8) is 0 Å². The smallest absolute Gasteiger partial charge is 0.0782 e. The zero-order chi connectivity index (χ0) is 14.7. The minimum absolute atomic E-state index is 0.490. The maximum atomic E-state index is 10.0. The quantitative estimate of drug-likeness (QED) is 0.853. The number of nitrogens with zero attached hydrogens (tertiary/aromatic N) is 1. The maximum absolute atomic E-state index is 10.0. The third-order valence-corrected chi connectivity index (χ3v) is 3.95. The van der Waals surface area contributed by atoms with Gasteiger partial charge >= 0.3 is 0 Å². The topological polar surface area (TPSA) is 23.5 Å². The van der Waals surface area contributed by atoms with E-state index in [1.54, 1.807) is 6.92 Å². The lowest BCUT2D eigenvalue weighted by molar-refractivity contribution is 0.199. The Morgan fingerprint density at radius 2 is 1.85 bits per heavy atom. The molecular formula is C17H20BrNO. The fourth-order valence-electron chi connectivity index (χ4n) is 2.44. The van der Waals surface area contributed by atoms with Gasteiger partial charge in [-0.15, -0.1) is 0 Å². The van der Waals surface area contributed by atoms with Crippen molar-refractivity contribution in [3.8, 4) is 0 Å². The second kappa shape index (κ2) is 6.42. The minimum Gasteiger partial charge on any atom is -0.389 e. The van der Waals surface area contributed by atoms with Crippen molar-refractivity contribution >= 4 is 27.3 Å². The first-order valence-electron chi connectivity index (χ1n) is 6.85. The molecule has 1 unspecified atom stereocenters. The van der Waals surface area contributed by atoms with Crippen molar-refractivity contribution in [2.75, 3.05) is 11.4 Å². The van der Waals surface area contributed by atoms with Crippen molar-refractivity contribution in [2.45, 2.75) is 26.9 Å². The predicted molar refractivity (Wildman–Crippen MR) is 88.6 cm³/mol. The summed E-state index contributed by atoms with van der Waals surface area (Å²) in [6, 6.07) is 14.3. The molecule has 0 aliphatic rings. The molecule has 2 aromatic rings. The SMILES string of the molecule is CCN(c1ccccc1C)c1cc(Br)ccc1C(C)O. The number of hydrogen-bond donors (Lipinski definition) is 1. The van der Waals surface area contributed by atoms with Crippen LogP contribution in [0.1, 0.15) is 31.1 Å². The first-order valence-corrected chi connectivity index (χ1v) is 7.64. The molecule has 0 radical (unpaired) electrons. The molecule has 2 aromatic carbocycles. The standard InChI is InChI=1S/C17H20BrNO/c1-4-19(16-8-6-5-7-12(16)2)17-11-14(18)9-10-15(17)13(3)20/h5-11,13,20H,4H2,1-3H3. The van der Waals surface area contributed by atoms with Gasteiger partial charge < -0.3 is 10.0 Å². The van der Waals surface area contributed by atoms with E-state index in [0.717, 1.165) is 22.3 Å². The highest BCUT2D eigenvalue weighted by molar-refractivity contribution is 9.10. The highest BCUT2D eigenvalue weighted by atomic mass is 79.9. The van der Waals surface area contributed by atoms with Gasteiger partial charge in [0.1, 0.15) is 0 Å². The molecule has 0 spiro atoms. The predicted octanol–water partition coefficient (Wildman–Crippen LogP) is 4.97. The van der Waals surface area contributed by atoms with Crippen molar-refractivity contribution in [1.82, 2.24) is 0 Å². The van der Waals surface area contributed by atoms with Gasteiger partial charge in [-0.1, -0.05) is 40.2 Å². The van der Waals surface area contributed by atoms with Crippen LogP contribution in [0.3, 0.4) is 0 Å². The van der Waals surface area contributed by atoms with E-state index in [2.05, 4.69) is 52.9 Å². The van der Waals surface area contributed by atoms with E-state index in [1.807, 2.05) is 24.3 Å². The Kier molecular flexibility index (Phi) is 4.84. The zero-order valence-corrected chi connectivity index (χ0v) is 13.7. The van der Waals surface area contributed by atoms with Crippen LogP contribution in [0.4, 0.5) is 11.4 Å². The number of benzene rings is 2. The molecule has 0 aliphatic heterocycles. The highest BCUT2D eigenvalue weighted by Crippen LogP contribution is 2.35. The molecule has 0 saturated carbocycles. The number of aryl methyl sites for hydroxylation is 1. The van der Waals surface area contributed by atoms with Gasteiger partial charge in [-0.05, 0) is 44.5 Å². The molecular weight excluding hydrogens is 314 g/mol. The molecule has 0 amide bonds. The number of aliphatic hydroxyl groups excluding tert-OH is 1. The Hall–Kier alpha value is -1.32. The number of anilines is 2. The molecule has 1 N–H and O–H groups in total. The summed E-state index contributed by atoms with van der Waals surface area (Å²) in [7, 11) is 0. The molecule has 2 rings (SSSR count). The molecule has 0 aliphatic carbocycles. The van der Waals surface area contributed by atoms with Gasteiger partial charge in [0, 0.05) is 28.0 Å². The second-order valence-electron chi connectivity index (χ2n) is 4.91. The van der Waals surface area contributed by atoms with Gasteiger partial charge in [0.15, 0.2) is 0 Å². The number of hydrogen-bond acceptors (Lipinski definition) is 2. The lowest BCUT2D eigenvalue weighted by Gasteiger charge is -2.28. The summed E-state index contributed by atoms with van der Waals surface area (Å²) in [5.41, 5.74) is 4.39. The summed E-state index contributed by atoms with van der Waals surface area (Å²) in [4.78, 5) is 2.24. The lowest BCUT2D eigenvalue weighted by atomic mass is 10.1. The Morgan fingerprint density at radius 1 is 1.15 bits per heavy atom. The highest BCUT2D eigenvalue weighted by Gasteiger charge is 2.16. The molecule has 0 aromatic heterocycles. The van der Waals surface area contributed by atoms with Crippen molar-refractivity contribution in [1.29, 1.82) is 0 Å². The van der Waals surface area contributed by atoms with E-state index in [1.165, 1.54) is 11.3 Å². The molecule has 0 bridgehead atoms. The third-order valence-electron chi connectivity index (χ3n) is 3.46. The van der Waals surface area contributed by atoms with Crippen LogP contribution in [0.25, 0.3) is 0 Å². The molecule has 0 saturated heterocycles. The van der Waals surface area contributed by atoms with Crippen LogP contribution in [0, 0.1) is 6.92 Å². The average Bonchev–Trinajstić information content (AvgIpc) is 2.41. The largest absolute Gasteiger partial charge is 0.389 e. The molecule has 20 heavy (non-hydrogen) atoms. The van der Waals surface area contributed by atoms with Crippen molar-refractivity contribution < 1.29 is 5.11 Å². The summed E-state index contributed by atoms with van der Waals surface area (Å²) in [6.07, 6.45) is -0.490. The van der Waals surface area contributed by atoms with Crippen LogP contribution in [-0.2, 0) is 0 Å². The third kappa shape index (κ3) is 3.05. The van der Waals surface area contributed by atoms with E-state index >= 15 is 0 Å². The zero-order valence-electron chi connectivity index (χ0n) is 12.1. The fourth-order valence-corrected chi connectivity index (χ4v) is 2.79. The van der Waals surface area contributed by atoms with E-state index in [4.69, 9.17) is 0 Å². The van der Waals surface area contributed by atoms with Crippen LogP contribution in [0.5, 0.6) is 0 Å². The minimum atomic E-state index is -0.490. The van der Waals surface area contributed by atoms with Crippen LogP contribution in [0.2, 0.25) is 0 Å². The summed E-state index contributed by atoms with van der Waals surface area (Å²) in [5, 5.41) is 10.0. The lowest BCUT2D eigenvalue weighted by Crippen LogP contribution is -2.19. The molecule has 106 valence electrons. The van der Waals surface area contributed by atoms with Gasteiger partial charge in [0.2, 0.25) is 0 Å². The normalized spacial score (nSPS) is 12.2. The summed E-state index contributed by atoms with van der Waals surface area (Å²) >= 11 is 3.53. The summed E-state index contributed by atoms with van der Waals surface area (Å²) in [6.45, 7) is 6.89. The summed E-state index contributed by atoms with van der Waals surface area (Å²) < 4.78 is 1.02.